The van der Waals surface area contributed by atoms with Crippen molar-refractivity contribution in [3.63, 3.8) is 0 Å². The van der Waals surface area contributed by atoms with Crippen molar-refractivity contribution in [1.82, 2.24) is 19.3 Å². The fourth-order valence-electron chi connectivity index (χ4n) is 2.28. The van der Waals surface area contributed by atoms with Crippen molar-refractivity contribution in [2.24, 2.45) is 0 Å². The minimum Gasteiger partial charge on any atom is -0.264 e. The first-order valence-corrected chi connectivity index (χ1v) is 7.05. The van der Waals surface area contributed by atoms with Crippen LogP contribution in [0.1, 0.15) is 13.3 Å². The van der Waals surface area contributed by atoms with Gasteiger partial charge in [-0.15, -0.1) is 0 Å². The molecule has 0 bridgehead atoms. The summed E-state index contributed by atoms with van der Waals surface area (Å²) in [5, 5.41) is 3.99. The van der Waals surface area contributed by atoms with Crippen LogP contribution in [0.3, 0.4) is 0 Å². The monoisotopic (exact) mass is 298 g/mol. The van der Waals surface area contributed by atoms with Gasteiger partial charge in [0.1, 0.15) is 12.1 Å². The fraction of sp³-hybridized carbons (Fsp3) is 0.188. The molecule has 0 N–H and O–H groups in total. The van der Waals surface area contributed by atoms with Gasteiger partial charge in [0.25, 0.3) is 0 Å². The van der Waals surface area contributed by atoms with Crippen LogP contribution in [-0.4, -0.2) is 19.3 Å². The van der Waals surface area contributed by atoms with E-state index in [1.807, 2.05) is 13.0 Å². The summed E-state index contributed by atoms with van der Waals surface area (Å²) in [7, 11) is 0. The molecule has 0 fully saturated rings. The normalized spacial score (nSPS) is 10.8. The van der Waals surface area contributed by atoms with Gasteiger partial charge in [-0.2, -0.15) is 5.10 Å². The van der Waals surface area contributed by atoms with Crippen LogP contribution >= 0.6 is 0 Å². The Morgan fingerprint density at radius 3 is 2.77 bits per heavy atom. The van der Waals surface area contributed by atoms with Gasteiger partial charge in [-0.05, 0) is 30.2 Å². The molecule has 0 radical (unpaired) electrons. The van der Waals surface area contributed by atoms with Gasteiger partial charge in [0.05, 0.1) is 5.69 Å². The first kappa shape index (κ1) is 14.2. The molecule has 112 valence electrons. The Labute approximate surface area is 126 Å². The lowest BCUT2D eigenvalue weighted by atomic mass is 10.1. The van der Waals surface area contributed by atoms with E-state index in [0.717, 1.165) is 12.0 Å². The Kier molecular flexibility index (Phi) is 3.82. The average molecular weight is 298 g/mol. The number of hydrogen-bond donors (Lipinski definition) is 0. The lowest BCUT2D eigenvalue weighted by Gasteiger charge is -2.06. The van der Waals surface area contributed by atoms with Gasteiger partial charge >= 0.3 is 5.69 Å². The number of aromatic nitrogens is 4. The second-order valence-corrected chi connectivity index (χ2v) is 4.91. The van der Waals surface area contributed by atoms with Gasteiger partial charge in [0.2, 0.25) is 0 Å². The van der Waals surface area contributed by atoms with Crippen molar-refractivity contribution in [3.8, 4) is 16.8 Å². The van der Waals surface area contributed by atoms with Crippen LogP contribution in [0.2, 0.25) is 0 Å². The molecule has 0 aliphatic carbocycles. The van der Waals surface area contributed by atoms with E-state index in [9.17, 15) is 9.18 Å². The van der Waals surface area contributed by atoms with Crippen LogP contribution in [0, 0.1) is 5.82 Å². The van der Waals surface area contributed by atoms with Crippen LogP contribution in [-0.2, 0) is 6.54 Å². The highest BCUT2D eigenvalue weighted by Crippen LogP contribution is 2.22. The molecular weight excluding hydrogens is 283 g/mol. The molecule has 2 aromatic heterocycles. The Hall–Kier alpha value is -2.76. The molecule has 22 heavy (non-hydrogen) atoms. The SMILES string of the molecule is CCCn1ncn(-c2ccc(-c3cccnc3)cc2F)c1=O. The summed E-state index contributed by atoms with van der Waals surface area (Å²) in [6, 6.07) is 8.39. The van der Waals surface area contributed by atoms with Gasteiger partial charge in [0.15, 0.2) is 0 Å². The van der Waals surface area contributed by atoms with Gasteiger partial charge in [-0.25, -0.2) is 18.4 Å². The topological polar surface area (TPSA) is 52.7 Å². The summed E-state index contributed by atoms with van der Waals surface area (Å²) in [4.78, 5) is 16.2. The third kappa shape index (κ3) is 2.55. The van der Waals surface area contributed by atoms with E-state index in [0.29, 0.717) is 12.1 Å². The minimum atomic E-state index is -0.473. The van der Waals surface area contributed by atoms with Crippen LogP contribution < -0.4 is 5.69 Å². The zero-order valence-electron chi connectivity index (χ0n) is 12.1. The molecule has 0 saturated heterocycles. The molecule has 3 rings (SSSR count). The lowest BCUT2D eigenvalue weighted by molar-refractivity contribution is 0.574. The van der Waals surface area contributed by atoms with Gasteiger partial charge in [-0.1, -0.05) is 19.1 Å². The van der Waals surface area contributed by atoms with Crippen LogP contribution in [0.5, 0.6) is 0 Å². The molecule has 0 amide bonds. The molecule has 0 atom stereocenters. The number of rotatable bonds is 4. The Bertz CT molecular complexity index is 839. The summed E-state index contributed by atoms with van der Waals surface area (Å²) < 4.78 is 16.9. The second kappa shape index (κ2) is 5.93. The van der Waals surface area contributed by atoms with E-state index >= 15 is 0 Å². The number of aryl methyl sites for hydroxylation is 1. The molecular formula is C16H15FN4O. The van der Waals surface area contributed by atoms with E-state index < -0.39 is 5.82 Å². The van der Waals surface area contributed by atoms with Crippen molar-refractivity contribution < 1.29 is 4.39 Å². The van der Waals surface area contributed by atoms with E-state index in [1.54, 1.807) is 30.6 Å². The summed E-state index contributed by atoms with van der Waals surface area (Å²) in [6.07, 6.45) is 5.47. The molecule has 2 heterocycles. The van der Waals surface area contributed by atoms with Crippen molar-refractivity contribution in [1.29, 1.82) is 0 Å². The van der Waals surface area contributed by atoms with Crippen molar-refractivity contribution in [2.45, 2.75) is 19.9 Å². The van der Waals surface area contributed by atoms with Gasteiger partial charge in [-0.3, -0.25) is 4.98 Å². The molecule has 5 nitrogen and oxygen atoms in total. The van der Waals surface area contributed by atoms with Crippen LogP contribution in [0.25, 0.3) is 16.8 Å². The zero-order valence-corrected chi connectivity index (χ0v) is 12.1. The third-order valence-corrected chi connectivity index (χ3v) is 3.37. The van der Waals surface area contributed by atoms with E-state index in [4.69, 9.17) is 0 Å². The van der Waals surface area contributed by atoms with Crippen molar-refractivity contribution in [3.05, 3.63) is 65.4 Å². The summed E-state index contributed by atoms with van der Waals surface area (Å²) >= 11 is 0. The largest absolute Gasteiger partial charge is 0.350 e. The zero-order chi connectivity index (χ0) is 15.5. The first-order chi connectivity index (χ1) is 10.7. The highest BCUT2D eigenvalue weighted by atomic mass is 19.1. The first-order valence-electron chi connectivity index (χ1n) is 7.05. The van der Waals surface area contributed by atoms with Crippen molar-refractivity contribution >= 4 is 0 Å². The summed E-state index contributed by atoms with van der Waals surface area (Å²) in [6.45, 7) is 2.47. The molecule has 0 aliphatic heterocycles. The van der Waals surface area contributed by atoms with Crippen LogP contribution in [0.15, 0.2) is 53.8 Å². The van der Waals surface area contributed by atoms with E-state index in [-0.39, 0.29) is 11.4 Å². The van der Waals surface area contributed by atoms with E-state index in [2.05, 4.69) is 10.1 Å². The Morgan fingerprint density at radius 2 is 2.09 bits per heavy atom. The van der Waals surface area contributed by atoms with Gasteiger partial charge < -0.3 is 0 Å². The maximum atomic E-state index is 14.4. The van der Waals surface area contributed by atoms with Crippen LogP contribution in [0.4, 0.5) is 4.39 Å². The lowest BCUT2D eigenvalue weighted by Crippen LogP contribution is -2.24. The van der Waals surface area contributed by atoms with E-state index in [1.165, 1.54) is 21.6 Å². The summed E-state index contributed by atoms with van der Waals surface area (Å²) in [5.74, 6) is -0.473. The number of nitrogens with zero attached hydrogens (tertiary/aromatic N) is 4. The number of halogens is 1. The molecule has 0 aliphatic rings. The quantitative estimate of drug-likeness (QED) is 0.744. The molecule has 0 unspecified atom stereocenters. The molecule has 0 spiro atoms. The molecule has 1 aromatic carbocycles. The average Bonchev–Trinajstić information content (AvgIpc) is 2.90. The number of hydrogen-bond acceptors (Lipinski definition) is 3. The molecule has 3 aromatic rings. The number of benzene rings is 1. The Morgan fingerprint density at radius 1 is 1.23 bits per heavy atom. The highest BCUT2D eigenvalue weighted by molar-refractivity contribution is 5.63. The number of pyridine rings is 1. The maximum Gasteiger partial charge on any atom is 0.350 e. The molecule has 0 saturated carbocycles. The van der Waals surface area contributed by atoms with Crippen molar-refractivity contribution in [2.75, 3.05) is 0 Å². The van der Waals surface area contributed by atoms with Gasteiger partial charge in [0, 0.05) is 24.5 Å². The fourth-order valence-corrected chi connectivity index (χ4v) is 2.28. The smallest absolute Gasteiger partial charge is 0.264 e. The standard InChI is InChI=1S/C16H15FN4O/c1-2-8-21-16(22)20(11-19-21)15-6-5-12(9-14(15)17)13-4-3-7-18-10-13/h3-7,9-11H,2,8H2,1H3. The highest BCUT2D eigenvalue weighted by Gasteiger charge is 2.11. The molecule has 6 heteroatoms. The summed E-state index contributed by atoms with van der Waals surface area (Å²) in [5.41, 5.74) is 1.39. The predicted octanol–water partition coefficient (Wildman–Crippen LogP) is 2.65. The minimum absolute atomic E-state index is 0.194. The third-order valence-electron chi connectivity index (χ3n) is 3.37. The Balaban J connectivity index is 2.01. The second-order valence-electron chi connectivity index (χ2n) is 4.91. The predicted molar refractivity (Wildman–Crippen MR) is 81.3 cm³/mol. The maximum absolute atomic E-state index is 14.4.